The number of piperidine rings is 1. The van der Waals surface area contributed by atoms with Gasteiger partial charge in [0.05, 0.1) is 6.20 Å². The number of benzene rings is 1. The molecule has 0 saturated carbocycles. The van der Waals surface area contributed by atoms with Crippen molar-refractivity contribution in [1.82, 2.24) is 15.1 Å². The first-order chi connectivity index (χ1) is 11.2. The topological polar surface area (TPSA) is 39.1 Å². The van der Waals surface area contributed by atoms with Gasteiger partial charge in [-0.1, -0.05) is 6.92 Å². The molecule has 3 heterocycles. The molecule has 2 saturated heterocycles. The first-order valence-corrected chi connectivity index (χ1v) is 8.74. The van der Waals surface area contributed by atoms with Gasteiger partial charge in [-0.3, -0.25) is 0 Å². The van der Waals surface area contributed by atoms with Crippen molar-refractivity contribution in [3.8, 4) is 0 Å². The standard InChI is InChI=1S/C18H24FN3O/c1-12-5-6-16(20-10-12)13-8-14-11-21-22(18(14)15(19)9-13)17-4-2-3-7-23-17/h8-9,11-12,16-17,20H,2-7,10H2,1H3. The van der Waals surface area contributed by atoms with E-state index in [1.54, 1.807) is 16.9 Å². The molecule has 0 radical (unpaired) electrons. The van der Waals surface area contributed by atoms with Crippen molar-refractivity contribution in [1.29, 1.82) is 0 Å². The lowest BCUT2D eigenvalue weighted by Gasteiger charge is -2.28. The summed E-state index contributed by atoms with van der Waals surface area (Å²) in [5.41, 5.74) is 1.61. The minimum absolute atomic E-state index is 0.129. The van der Waals surface area contributed by atoms with Crippen LogP contribution in [0.1, 0.15) is 56.9 Å². The summed E-state index contributed by atoms with van der Waals surface area (Å²) in [7, 11) is 0. The van der Waals surface area contributed by atoms with Gasteiger partial charge in [-0.2, -0.15) is 5.10 Å². The molecule has 0 aliphatic carbocycles. The lowest BCUT2D eigenvalue weighted by atomic mass is 9.91. The third kappa shape index (κ3) is 2.88. The van der Waals surface area contributed by atoms with Crippen LogP contribution in [0.4, 0.5) is 4.39 Å². The molecule has 2 aromatic rings. The van der Waals surface area contributed by atoms with Gasteiger partial charge in [-0.15, -0.1) is 0 Å². The monoisotopic (exact) mass is 317 g/mol. The van der Waals surface area contributed by atoms with E-state index in [1.165, 1.54) is 6.42 Å². The van der Waals surface area contributed by atoms with Crippen molar-refractivity contribution >= 4 is 10.9 Å². The summed E-state index contributed by atoms with van der Waals surface area (Å²) in [5.74, 6) is 0.510. The number of hydrogen-bond acceptors (Lipinski definition) is 3. The molecule has 3 unspecified atom stereocenters. The fraction of sp³-hybridized carbons (Fsp3) is 0.611. The lowest BCUT2D eigenvalue weighted by molar-refractivity contribution is -0.0369. The van der Waals surface area contributed by atoms with Gasteiger partial charge in [0.1, 0.15) is 11.3 Å². The fourth-order valence-corrected chi connectivity index (χ4v) is 3.78. The van der Waals surface area contributed by atoms with Crippen LogP contribution in [0, 0.1) is 11.7 Å². The molecule has 23 heavy (non-hydrogen) atoms. The van der Waals surface area contributed by atoms with Crippen LogP contribution in [0.3, 0.4) is 0 Å². The number of hydrogen-bond donors (Lipinski definition) is 1. The summed E-state index contributed by atoms with van der Waals surface area (Å²) in [6.45, 7) is 3.98. The maximum Gasteiger partial charge on any atom is 0.150 e. The largest absolute Gasteiger partial charge is 0.356 e. The van der Waals surface area contributed by atoms with E-state index in [9.17, 15) is 4.39 Å². The van der Waals surface area contributed by atoms with E-state index in [-0.39, 0.29) is 18.1 Å². The first kappa shape index (κ1) is 15.1. The Kier molecular flexibility index (Phi) is 4.07. The molecular formula is C18H24FN3O. The van der Waals surface area contributed by atoms with Gasteiger partial charge in [-0.25, -0.2) is 9.07 Å². The van der Waals surface area contributed by atoms with Crippen LogP contribution in [0.15, 0.2) is 18.3 Å². The van der Waals surface area contributed by atoms with Crippen LogP contribution in [-0.2, 0) is 4.74 Å². The van der Waals surface area contributed by atoms with E-state index >= 15 is 0 Å². The van der Waals surface area contributed by atoms with E-state index in [1.807, 2.05) is 0 Å². The Hall–Kier alpha value is -1.46. The Bertz CT molecular complexity index is 685. The molecule has 1 aromatic heterocycles. The number of rotatable bonds is 2. The molecule has 3 atom stereocenters. The van der Waals surface area contributed by atoms with Gasteiger partial charge in [0.15, 0.2) is 6.23 Å². The molecule has 0 amide bonds. The van der Waals surface area contributed by atoms with Crippen molar-refractivity contribution in [3.63, 3.8) is 0 Å². The van der Waals surface area contributed by atoms with Crippen molar-refractivity contribution in [2.75, 3.05) is 13.2 Å². The zero-order valence-corrected chi connectivity index (χ0v) is 13.6. The molecule has 0 spiro atoms. The minimum Gasteiger partial charge on any atom is -0.356 e. The molecule has 2 aliphatic heterocycles. The van der Waals surface area contributed by atoms with Crippen LogP contribution in [0.2, 0.25) is 0 Å². The quantitative estimate of drug-likeness (QED) is 0.912. The van der Waals surface area contributed by atoms with E-state index in [0.29, 0.717) is 11.4 Å². The van der Waals surface area contributed by atoms with Gasteiger partial charge < -0.3 is 10.1 Å². The predicted octanol–water partition coefficient (Wildman–Crippen LogP) is 3.94. The number of nitrogens with one attached hydrogen (secondary N) is 1. The Morgan fingerprint density at radius 1 is 1.26 bits per heavy atom. The van der Waals surface area contributed by atoms with Crippen LogP contribution < -0.4 is 5.32 Å². The average molecular weight is 317 g/mol. The highest BCUT2D eigenvalue weighted by Crippen LogP contribution is 2.32. The van der Waals surface area contributed by atoms with Crippen LogP contribution in [0.25, 0.3) is 10.9 Å². The summed E-state index contributed by atoms with van der Waals surface area (Å²) >= 11 is 0. The summed E-state index contributed by atoms with van der Waals surface area (Å²) in [6, 6.07) is 4.01. The summed E-state index contributed by atoms with van der Waals surface area (Å²) in [5, 5.41) is 8.81. The molecule has 2 fully saturated rings. The second kappa shape index (κ2) is 6.21. The van der Waals surface area contributed by atoms with Crippen molar-refractivity contribution in [2.45, 2.75) is 51.3 Å². The Morgan fingerprint density at radius 3 is 2.91 bits per heavy atom. The van der Waals surface area contributed by atoms with E-state index in [0.717, 1.165) is 49.8 Å². The molecular weight excluding hydrogens is 293 g/mol. The second-order valence-electron chi connectivity index (χ2n) is 6.99. The highest BCUT2D eigenvalue weighted by Gasteiger charge is 2.23. The molecule has 1 aromatic carbocycles. The Morgan fingerprint density at radius 2 is 2.17 bits per heavy atom. The van der Waals surface area contributed by atoms with E-state index in [2.05, 4.69) is 23.4 Å². The molecule has 4 rings (SSSR count). The first-order valence-electron chi connectivity index (χ1n) is 8.74. The van der Waals surface area contributed by atoms with Gasteiger partial charge in [0, 0.05) is 18.0 Å². The summed E-state index contributed by atoms with van der Waals surface area (Å²) in [4.78, 5) is 0. The minimum atomic E-state index is -0.190. The zero-order valence-electron chi connectivity index (χ0n) is 13.6. The SMILES string of the molecule is CC1CCC(c2cc(F)c3c(cnn3C3CCCCO3)c2)NC1. The number of nitrogens with zero attached hydrogens (tertiary/aromatic N) is 2. The van der Waals surface area contributed by atoms with E-state index < -0.39 is 0 Å². The average Bonchev–Trinajstić information content (AvgIpc) is 3.01. The predicted molar refractivity (Wildman–Crippen MR) is 87.7 cm³/mol. The van der Waals surface area contributed by atoms with Crippen molar-refractivity contribution in [2.24, 2.45) is 5.92 Å². The van der Waals surface area contributed by atoms with Gasteiger partial charge in [0.25, 0.3) is 0 Å². The molecule has 4 nitrogen and oxygen atoms in total. The van der Waals surface area contributed by atoms with Crippen LogP contribution in [-0.4, -0.2) is 22.9 Å². The number of aromatic nitrogens is 2. The molecule has 2 aliphatic rings. The highest BCUT2D eigenvalue weighted by atomic mass is 19.1. The van der Waals surface area contributed by atoms with Crippen LogP contribution >= 0.6 is 0 Å². The van der Waals surface area contributed by atoms with Gasteiger partial charge in [-0.05, 0) is 62.3 Å². The Balaban J connectivity index is 1.66. The number of halogens is 1. The van der Waals surface area contributed by atoms with Crippen LogP contribution in [0.5, 0.6) is 0 Å². The third-order valence-electron chi connectivity index (χ3n) is 5.16. The zero-order chi connectivity index (χ0) is 15.8. The van der Waals surface area contributed by atoms with Crippen molar-refractivity contribution in [3.05, 3.63) is 29.7 Å². The lowest BCUT2D eigenvalue weighted by Crippen LogP contribution is -2.31. The Labute approximate surface area is 136 Å². The van der Waals surface area contributed by atoms with E-state index in [4.69, 9.17) is 4.74 Å². The molecule has 124 valence electrons. The summed E-state index contributed by atoms with van der Waals surface area (Å²) in [6.07, 6.45) is 6.98. The highest BCUT2D eigenvalue weighted by molar-refractivity contribution is 5.80. The number of ether oxygens (including phenoxy) is 1. The van der Waals surface area contributed by atoms with Crippen molar-refractivity contribution < 1.29 is 9.13 Å². The molecule has 5 heteroatoms. The smallest absolute Gasteiger partial charge is 0.150 e. The molecule has 1 N–H and O–H groups in total. The second-order valence-corrected chi connectivity index (χ2v) is 6.99. The maximum atomic E-state index is 14.8. The number of fused-ring (bicyclic) bond motifs is 1. The van der Waals surface area contributed by atoms with Gasteiger partial charge >= 0.3 is 0 Å². The fourth-order valence-electron chi connectivity index (χ4n) is 3.78. The normalized spacial score (nSPS) is 29.0. The third-order valence-corrected chi connectivity index (χ3v) is 5.16. The maximum absolute atomic E-state index is 14.8. The van der Waals surface area contributed by atoms with Gasteiger partial charge in [0.2, 0.25) is 0 Å². The molecule has 0 bridgehead atoms. The summed E-state index contributed by atoms with van der Waals surface area (Å²) < 4.78 is 22.3.